The summed E-state index contributed by atoms with van der Waals surface area (Å²) in [4.78, 5) is 26.5. The van der Waals surface area contributed by atoms with Gasteiger partial charge in [-0.25, -0.2) is 4.99 Å². The summed E-state index contributed by atoms with van der Waals surface area (Å²) in [5.41, 5.74) is 11.7. The summed E-state index contributed by atoms with van der Waals surface area (Å²) in [5, 5.41) is 4.91. The van der Waals surface area contributed by atoms with E-state index in [1.807, 2.05) is 0 Å². The fourth-order valence-electron chi connectivity index (χ4n) is 2.17. The van der Waals surface area contributed by atoms with Crippen molar-refractivity contribution in [3.63, 3.8) is 0 Å². The van der Waals surface area contributed by atoms with Gasteiger partial charge in [0.25, 0.3) is 5.91 Å². The number of carbonyl (C=O) groups excluding carboxylic acids is 2. The number of nitrogens with two attached hydrogens (primary N) is 2. The monoisotopic (exact) mass is 409 g/mol. The molecule has 0 bridgehead atoms. The fourth-order valence-corrected chi connectivity index (χ4v) is 2.17. The number of para-hydroxylation sites is 2. The number of carbonyl (C=O) groups is 2. The molecule has 8 nitrogen and oxygen atoms in total. The number of hydrogen-bond acceptors (Lipinski definition) is 4. The van der Waals surface area contributed by atoms with Gasteiger partial charge in [0, 0.05) is 5.56 Å². The first-order chi connectivity index (χ1) is 13.6. The lowest BCUT2D eigenvalue weighted by Crippen LogP contribution is -2.33. The first-order valence-electron chi connectivity index (χ1n) is 8.21. The van der Waals surface area contributed by atoms with Crippen molar-refractivity contribution in [2.45, 2.75) is 12.9 Å². The van der Waals surface area contributed by atoms with Gasteiger partial charge in [-0.3, -0.25) is 9.59 Å². The van der Waals surface area contributed by atoms with Crippen molar-refractivity contribution >= 4 is 23.5 Å². The third kappa shape index (κ3) is 7.40. The van der Waals surface area contributed by atoms with Crippen LogP contribution in [0.5, 0.6) is 5.75 Å². The molecule has 0 spiro atoms. The normalized spacial score (nSPS) is 11.6. The largest absolute Gasteiger partial charge is 0.573 e. The summed E-state index contributed by atoms with van der Waals surface area (Å²) < 4.78 is 41.3. The van der Waals surface area contributed by atoms with Crippen LogP contribution >= 0.6 is 0 Å². The quantitative estimate of drug-likeness (QED) is 0.408. The zero-order valence-corrected chi connectivity index (χ0v) is 15.0. The number of aliphatic imine (C=N–C) groups is 1. The van der Waals surface area contributed by atoms with Crippen molar-refractivity contribution in [2.24, 2.45) is 16.5 Å². The highest BCUT2D eigenvalue weighted by molar-refractivity contribution is 5.96. The van der Waals surface area contributed by atoms with Gasteiger partial charge in [-0.15, -0.1) is 13.2 Å². The van der Waals surface area contributed by atoms with Crippen molar-refractivity contribution in [2.75, 3.05) is 11.9 Å². The molecule has 0 radical (unpaired) electrons. The third-order valence-electron chi connectivity index (χ3n) is 3.45. The Labute approximate surface area is 163 Å². The summed E-state index contributed by atoms with van der Waals surface area (Å²) in [7, 11) is 0. The van der Waals surface area contributed by atoms with E-state index in [1.165, 1.54) is 30.3 Å². The Bertz CT molecular complexity index is 898. The van der Waals surface area contributed by atoms with Gasteiger partial charge in [-0.1, -0.05) is 24.3 Å². The minimum absolute atomic E-state index is 0.00699. The Kier molecular flexibility index (Phi) is 7.01. The maximum absolute atomic E-state index is 12.4. The molecule has 0 heterocycles. The van der Waals surface area contributed by atoms with Crippen LogP contribution in [0, 0.1) is 0 Å². The lowest BCUT2D eigenvalue weighted by Gasteiger charge is -2.14. The summed E-state index contributed by atoms with van der Waals surface area (Å²) in [6.45, 7) is -0.156. The SMILES string of the molecule is NC(=O)CNC(=O)c1ccc(CN=C(N)Nc2ccccc2OC(F)(F)F)cc1. The van der Waals surface area contributed by atoms with Crippen molar-refractivity contribution < 1.29 is 27.5 Å². The molecule has 11 heteroatoms. The Hall–Kier alpha value is -3.76. The number of nitrogens with one attached hydrogen (secondary N) is 2. The lowest BCUT2D eigenvalue weighted by molar-refractivity contribution is -0.274. The van der Waals surface area contributed by atoms with E-state index in [9.17, 15) is 22.8 Å². The molecule has 2 aromatic rings. The van der Waals surface area contributed by atoms with E-state index in [0.29, 0.717) is 11.1 Å². The standard InChI is InChI=1S/C18H18F3N5O3/c19-18(20,21)29-14-4-2-1-3-13(14)26-17(23)25-9-11-5-7-12(8-6-11)16(28)24-10-15(22)27/h1-8H,9-10H2,(H2,22,27)(H,24,28)(H3,23,25,26). The molecule has 2 rings (SSSR count). The number of rotatable bonds is 7. The van der Waals surface area contributed by atoms with Crippen molar-refractivity contribution in [3.8, 4) is 5.75 Å². The first-order valence-corrected chi connectivity index (χ1v) is 8.21. The second-order valence-corrected chi connectivity index (χ2v) is 5.72. The van der Waals surface area contributed by atoms with Gasteiger partial charge in [0.15, 0.2) is 11.7 Å². The topological polar surface area (TPSA) is 132 Å². The van der Waals surface area contributed by atoms with Crippen LogP contribution in [0.4, 0.5) is 18.9 Å². The molecule has 0 atom stereocenters. The summed E-state index contributed by atoms with van der Waals surface area (Å²) >= 11 is 0. The van der Waals surface area contributed by atoms with E-state index in [-0.39, 0.29) is 24.7 Å². The van der Waals surface area contributed by atoms with Gasteiger partial charge < -0.3 is 26.8 Å². The van der Waals surface area contributed by atoms with Gasteiger partial charge in [0.1, 0.15) is 0 Å². The van der Waals surface area contributed by atoms with Crippen LogP contribution in [0.1, 0.15) is 15.9 Å². The summed E-state index contributed by atoms with van der Waals surface area (Å²) in [6, 6.07) is 11.7. The zero-order valence-electron chi connectivity index (χ0n) is 15.0. The van der Waals surface area contributed by atoms with Gasteiger partial charge in [-0.05, 0) is 29.8 Å². The molecule has 0 aliphatic heterocycles. The van der Waals surface area contributed by atoms with Crippen LogP contribution in [0.3, 0.4) is 0 Å². The van der Waals surface area contributed by atoms with Crippen molar-refractivity contribution in [1.29, 1.82) is 0 Å². The van der Waals surface area contributed by atoms with E-state index in [0.717, 1.165) is 6.07 Å². The molecule has 0 aliphatic carbocycles. The lowest BCUT2D eigenvalue weighted by atomic mass is 10.1. The number of nitrogens with zero attached hydrogens (tertiary/aromatic N) is 1. The van der Waals surface area contributed by atoms with E-state index in [1.54, 1.807) is 12.1 Å². The Morgan fingerprint density at radius 1 is 1.03 bits per heavy atom. The van der Waals surface area contributed by atoms with Gasteiger partial charge >= 0.3 is 6.36 Å². The highest BCUT2D eigenvalue weighted by atomic mass is 19.4. The highest BCUT2D eigenvalue weighted by Crippen LogP contribution is 2.29. The number of halogens is 3. The second-order valence-electron chi connectivity index (χ2n) is 5.72. The molecule has 0 fully saturated rings. The molecule has 0 saturated heterocycles. The molecule has 2 aromatic carbocycles. The number of primary amides is 1. The molecule has 0 aromatic heterocycles. The predicted octanol–water partition coefficient (Wildman–Crippen LogP) is 1.73. The van der Waals surface area contributed by atoms with Crippen LogP contribution in [0.2, 0.25) is 0 Å². The molecule has 29 heavy (non-hydrogen) atoms. The number of anilines is 1. The average Bonchev–Trinajstić information content (AvgIpc) is 2.65. The van der Waals surface area contributed by atoms with Crippen LogP contribution in [-0.4, -0.2) is 30.7 Å². The molecule has 6 N–H and O–H groups in total. The maximum Gasteiger partial charge on any atom is 0.573 e. The summed E-state index contributed by atoms with van der Waals surface area (Å²) in [5.74, 6) is -1.67. The molecule has 154 valence electrons. The molecule has 0 unspecified atom stereocenters. The minimum Gasteiger partial charge on any atom is -0.404 e. The Balaban J connectivity index is 1.98. The fraction of sp³-hybridized carbons (Fsp3) is 0.167. The predicted molar refractivity (Wildman–Crippen MR) is 100 cm³/mol. The average molecular weight is 409 g/mol. The molecule has 0 saturated carbocycles. The van der Waals surface area contributed by atoms with E-state index >= 15 is 0 Å². The van der Waals surface area contributed by atoms with Crippen LogP contribution in [0.15, 0.2) is 53.5 Å². The van der Waals surface area contributed by atoms with Crippen molar-refractivity contribution in [1.82, 2.24) is 5.32 Å². The molecular weight excluding hydrogens is 391 g/mol. The highest BCUT2D eigenvalue weighted by Gasteiger charge is 2.32. The third-order valence-corrected chi connectivity index (χ3v) is 3.45. The van der Waals surface area contributed by atoms with Crippen LogP contribution in [-0.2, 0) is 11.3 Å². The summed E-state index contributed by atoms with van der Waals surface area (Å²) in [6.07, 6.45) is -4.84. The Morgan fingerprint density at radius 3 is 2.31 bits per heavy atom. The Morgan fingerprint density at radius 2 is 1.69 bits per heavy atom. The number of ether oxygens (including phenoxy) is 1. The first kappa shape index (κ1) is 21.5. The molecule has 0 aliphatic rings. The number of guanidine groups is 1. The van der Waals surface area contributed by atoms with E-state index in [2.05, 4.69) is 20.4 Å². The molecule has 2 amide bonds. The van der Waals surface area contributed by atoms with Gasteiger partial charge in [0.05, 0.1) is 18.8 Å². The smallest absolute Gasteiger partial charge is 0.404 e. The van der Waals surface area contributed by atoms with Gasteiger partial charge in [0.2, 0.25) is 5.91 Å². The zero-order chi connectivity index (χ0) is 21.4. The van der Waals surface area contributed by atoms with E-state index < -0.39 is 23.9 Å². The number of benzene rings is 2. The van der Waals surface area contributed by atoms with Gasteiger partial charge in [-0.2, -0.15) is 0 Å². The second kappa shape index (κ2) is 9.44. The number of hydrogen-bond donors (Lipinski definition) is 4. The van der Waals surface area contributed by atoms with Crippen LogP contribution in [0.25, 0.3) is 0 Å². The van der Waals surface area contributed by atoms with E-state index in [4.69, 9.17) is 11.5 Å². The number of amides is 2. The molecular formula is C18H18F3N5O3. The van der Waals surface area contributed by atoms with Crippen molar-refractivity contribution in [3.05, 3.63) is 59.7 Å². The maximum atomic E-state index is 12.4. The van der Waals surface area contributed by atoms with Crippen LogP contribution < -0.4 is 26.8 Å². The minimum atomic E-state index is -4.84. The number of alkyl halides is 3.